The number of hydrogen-bond donors (Lipinski definition) is 0. The smallest absolute Gasteiger partial charge is 0.419 e. The van der Waals surface area contributed by atoms with Gasteiger partial charge in [-0.05, 0) is 54.9 Å². The number of halogens is 1. The minimum Gasteiger partial charge on any atom is -0.443 e. The van der Waals surface area contributed by atoms with E-state index in [0.717, 1.165) is 26.6 Å². The first kappa shape index (κ1) is 15.7. The second kappa shape index (κ2) is 5.81. The largest absolute Gasteiger partial charge is 0.443 e. The van der Waals surface area contributed by atoms with E-state index in [1.807, 2.05) is 57.2 Å². The summed E-state index contributed by atoms with van der Waals surface area (Å²) in [5.41, 5.74) is 2.06. The summed E-state index contributed by atoms with van der Waals surface area (Å²) in [5, 5.41) is 0.954. The minimum absolute atomic E-state index is 0.397. The highest BCUT2D eigenvalue weighted by Gasteiger charge is 2.20. The van der Waals surface area contributed by atoms with E-state index in [2.05, 4.69) is 20.9 Å². The van der Waals surface area contributed by atoms with Gasteiger partial charge in [-0.3, -0.25) is 9.55 Å². The van der Waals surface area contributed by atoms with Crippen molar-refractivity contribution in [3.05, 3.63) is 53.3 Å². The molecule has 0 radical (unpaired) electrons. The Hall–Kier alpha value is -2.14. The summed E-state index contributed by atoms with van der Waals surface area (Å²) in [4.78, 5) is 16.8. The lowest BCUT2D eigenvalue weighted by molar-refractivity contribution is 0.0544. The lowest BCUT2D eigenvalue weighted by Gasteiger charge is -2.19. The number of carbonyl (C=O) groups is 1. The number of aromatic nitrogens is 2. The van der Waals surface area contributed by atoms with Gasteiger partial charge in [-0.15, -0.1) is 0 Å². The second-order valence-electron chi connectivity index (χ2n) is 6.27. The molecule has 0 atom stereocenters. The van der Waals surface area contributed by atoms with Crippen molar-refractivity contribution in [2.75, 3.05) is 0 Å². The summed E-state index contributed by atoms with van der Waals surface area (Å²) >= 11 is 3.50. The summed E-state index contributed by atoms with van der Waals surface area (Å²) in [6, 6.07) is 11.7. The Kier molecular flexibility index (Phi) is 3.98. The van der Waals surface area contributed by atoms with Gasteiger partial charge in [0.15, 0.2) is 0 Å². The Morgan fingerprint density at radius 3 is 2.65 bits per heavy atom. The van der Waals surface area contributed by atoms with E-state index in [1.165, 1.54) is 4.57 Å². The molecule has 23 heavy (non-hydrogen) atoms. The maximum Gasteiger partial charge on any atom is 0.419 e. The quantitative estimate of drug-likeness (QED) is 0.585. The molecule has 2 heterocycles. The van der Waals surface area contributed by atoms with Crippen molar-refractivity contribution in [3.63, 3.8) is 0 Å². The third-order valence-corrected chi connectivity index (χ3v) is 3.94. The molecule has 0 spiro atoms. The molecule has 0 fully saturated rings. The molecule has 0 N–H and O–H groups in total. The second-order valence-corrected chi connectivity index (χ2v) is 7.13. The number of ether oxygens (including phenoxy) is 1. The molecule has 4 nitrogen and oxygen atoms in total. The zero-order valence-electron chi connectivity index (χ0n) is 13.2. The van der Waals surface area contributed by atoms with Crippen LogP contribution < -0.4 is 0 Å². The highest BCUT2D eigenvalue weighted by Crippen LogP contribution is 2.30. The minimum atomic E-state index is -0.543. The number of nitrogens with zero attached hydrogens (tertiary/aromatic N) is 2. The third kappa shape index (κ3) is 3.29. The first-order valence-corrected chi connectivity index (χ1v) is 8.10. The zero-order valence-corrected chi connectivity index (χ0v) is 14.8. The van der Waals surface area contributed by atoms with Gasteiger partial charge >= 0.3 is 6.09 Å². The van der Waals surface area contributed by atoms with E-state index in [1.54, 1.807) is 12.4 Å². The van der Waals surface area contributed by atoms with E-state index >= 15 is 0 Å². The molecule has 2 aromatic heterocycles. The molecule has 3 aromatic rings. The molecular formula is C18H17BrN2O2. The van der Waals surface area contributed by atoms with E-state index in [4.69, 9.17) is 4.74 Å². The van der Waals surface area contributed by atoms with E-state index in [0.29, 0.717) is 0 Å². The van der Waals surface area contributed by atoms with Gasteiger partial charge in [-0.1, -0.05) is 18.2 Å². The molecule has 0 aliphatic carbocycles. The lowest BCUT2D eigenvalue weighted by Crippen LogP contribution is -2.26. The summed E-state index contributed by atoms with van der Waals surface area (Å²) in [5.74, 6) is 0. The van der Waals surface area contributed by atoms with E-state index in [-0.39, 0.29) is 0 Å². The van der Waals surface area contributed by atoms with Gasteiger partial charge < -0.3 is 4.74 Å². The Balaban J connectivity index is 2.11. The Morgan fingerprint density at radius 1 is 1.22 bits per heavy atom. The molecule has 3 rings (SSSR count). The van der Waals surface area contributed by atoms with Crippen molar-refractivity contribution < 1.29 is 9.53 Å². The van der Waals surface area contributed by atoms with Crippen LogP contribution in [0, 0.1) is 0 Å². The Morgan fingerprint density at radius 2 is 2.00 bits per heavy atom. The van der Waals surface area contributed by atoms with Crippen molar-refractivity contribution >= 4 is 32.9 Å². The highest BCUT2D eigenvalue weighted by atomic mass is 79.9. The summed E-state index contributed by atoms with van der Waals surface area (Å²) in [6.07, 6.45) is 3.09. The molecule has 0 amide bonds. The monoisotopic (exact) mass is 372 g/mol. The van der Waals surface area contributed by atoms with Gasteiger partial charge in [0.1, 0.15) is 5.60 Å². The normalized spacial score (nSPS) is 11.7. The first-order valence-electron chi connectivity index (χ1n) is 7.30. The standard InChI is InChI=1S/C18H17BrN2O2/c1-18(2,3)23-17(22)21-11-14(19)13-8-7-12(10-16(13)21)15-6-4-5-9-20-15/h4-11H,1-3H3. The molecule has 0 saturated heterocycles. The maximum absolute atomic E-state index is 12.4. The lowest BCUT2D eigenvalue weighted by atomic mass is 10.1. The van der Waals surface area contributed by atoms with Crippen molar-refractivity contribution in [2.24, 2.45) is 0 Å². The van der Waals surface area contributed by atoms with Crippen LogP contribution in [0.1, 0.15) is 20.8 Å². The van der Waals surface area contributed by atoms with Crippen molar-refractivity contribution in [2.45, 2.75) is 26.4 Å². The number of rotatable bonds is 1. The SMILES string of the molecule is CC(C)(C)OC(=O)n1cc(Br)c2ccc(-c3ccccn3)cc21. The van der Waals surface area contributed by atoms with Gasteiger partial charge in [0.25, 0.3) is 0 Å². The predicted octanol–water partition coefficient (Wildman–Crippen LogP) is 5.25. The Bertz CT molecular complexity index is 864. The zero-order chi connectivity index (χ0) is 16.6. The number of fused-ring (bicyclic) bond motifs is 1. The summed E-state index contributed by atoms with van der Waals surface area (Å²) in [6.45, 7) is 5.56. The van der Waals surface area contributed by atoms with Gasteiger partial charge in [0.2, 0.25) is 0 Å². The molecule has 0 aliphatic rings. The average molecular weight is 373 g/mol. The number of benzene rings is 1. The highest BCUT2D eigenvalue weighted by molar-refractivity contribution is 9.10. The van der Waals surface area contributed by atoms with Crippen molar-refractivity contribution in [3.8, 4) is 11.3 Å². The third-order valence-electron chi connectivity index (χ3n) is 3.31. The van der Waals surface area contributed by atoms with Crippen LogP contribution in [0.5, 0.6) is 0 Å². The number of pyridine rings is 1. The van der Waals surface area contributed by atoms with Crippen LogP contribution >= 0.6 is 15.9 Å². The molecule has 0 saturated carbocycles. The maximum atomic E-state index is 12.4. The van der Waals surface area contributed by atoms with Crippen molar-refractivity contribution in [1.82, 2.24) is 9.55 Å². The Labute approximate surface area is 143 Å². The van der Waals surface area contributed by atoms with Gasteiger partial charge in [0.05, 0.1) is 11.2 Å². The van der Waals surface area contributed by atoms with E-state index < -0.39 is 11.7 Å². The summed E-state index contributed by atoms with van der Waals surface area (Å²) < 4.78 is 7.86. The molecule has 0 bridgehead atoms. The molecule has 0 aliphatic heterocycles. The predicted molar refractivity (Wildman–Crippen MR) is 94.5 cm³/mol. The number of hydrogen-bond acceptors (Lipinski definition) is 3. The van der Waals surface area contributed by atoms with Gasteiger partial charge in [-0.2, -0.15) is 0 Å². The van der Waals surface area contributed by atoms with Crippen LogP contribution in [0.4, 0.5) is 4.79 Å². The number of carbonyl (C=O) groups excluding carboxylic acids is 1. The van der Waals surface area contributed by atoms with Crippen LogP contribution in [-0.2, 0) is 4.74 Å². The van der Waals surface area contributed by atoms with Gasteiger partial charge in [-0.25, -0.2) is 4.79 Å². The van der Waals surface area contributed by atoms with Crippen LogP contribution in [0.2, 0.25) is 0 Å². The van der Waals surface area contributed by atoms with Gasteiger partial charge in [0, 0.05) is 27.8 Å². The topological polar surface area (TPSA) is 44.1 Å². The first-order chi connectivity index (χ1) is 10.8. The van der Waals surface area contributed by atoms with Crippen LogP contribution in [0.3, 0.4) is 0 Å². The molecule has 0 unspecified atom stereocenters. The average Bonchev–Trinajstić information content (AvgIpc) is 2.83. The van der Waals surface area contributed by atoms with Crippen LogP contribution in [-0.4, -0.2) is 21.2 Å². The van der Waals surface area contributed by atoms with Crippen LogP contribution in [0.15, 0.2) is 53.3 Å². The van der Waals surface area contributed by atoms with E-state index in [9.17, 15) is 4.79 Å². The van der Waals surface area contributed by atoms with Crippen molar-refractivity contribution in [1.29, 1.82) is 0 Å². The molecule has 1 aromatic carbocycles. The fourth-order valence-electron chi connectivity index (χ4n) is 2.34. The summed E-state index contributed by atoms with van der Waals surface area (Å²) in [7, 11) is 0. The van der Waals surface area contributed by atoms with Crippen LogP contribution in [0.25, 0.3) is 22.2 Å². The molecule has 118 valence electrons. The molecule has 5 heteroatoms. The fourth-order valence-corrected chi connectivity index (χ4v) is 2.88. The molecular weight excluding hydrogens is 356 g/mol. The fraction of sp³-hybridized carbons (Fsp3) is 0.222.